The molecule has 2 heterocycles. The highest BCUT2D eigenvalue weighted by molar-refractivity contribution is 5.08. The van der Waals surface area contributed by atoms with Crippen molar-refractivity contribution in [2.75, 3.05) is 13.1 Å². The number of hydrogen-bond acceptors (Lipinski definition) is 2. The molecule has 11 heavy (non-hydrogen) atoms. The molecule has 1 fully saturated rings. The molecule has 1 aromatic rings. The van der Waals surface area contributed by atoms with Gasteiger partial charge in [0.25, 0.3) is 0 Å². The van der Waals surface area contributed by atoms with Gasteiger partial charge in [0, 0.05) is 19.3 Å². The zero-order valence-electron chi connectivity index (χ0n) is 6.20. The van der Waals surface area contributed by atoms with Gasteiger partial charge in [0.2, 0.25) is 0 Å². The van der Waals surface area contributed by atoms with Crippen molar-refractivity contribution in [1.29, 1.82) is 0 Å². The van der Waals surface area contributed by atoms with Crippen LogP contribution in [0.15, 0.2) is 24.4 Å². The first-order valence-corrected chi connectivity index (χ1v) is 3.78. The van der Waals surface area contributed by atoms with Crippen LogP contribution in [0.25, 0.3) is 0 Å². The third kappa shape index (κ3) is 1.39. The van der Waals surface area contributed by atoms with Crippen LogP contribution in [0, 0.1) is 0 Å². The van der Waals surface area contributed by atoms with Crippen molar-refractivity contribution in [3.05, 3.63) is 30.1 Å². The zero-order valence-corrected chi connectivity index (χ0v) is 6.20. The third-order valence-electron chi connectivity index (χ3n) is 1.73. The number of hydrogen-bond donors (Lipinski definition) is 1. The fraction of sp³-hybridized carbons (Fsp3) is 0.375. The lowest BCUT2D eigenvalue weighted by Crippen LogP contribution is -2.18. The lowest BCUT2D eigenvalue weighted by Gasteiger charge is -2.06. The maximum atomic E-state index is 4.33. The quantitative estimate of drug-likeness (QED) is 0.621. The molecule has 3 heteroatoms. The first-order chi connectivity index (χ1) is 5.47. The van der Waals surface area contributed by atoms with Gasteiger partial charge in [-0.2, -0.15) is 0 Å². The van der Waals surface area contributed by atoms with E-state index in [0.717, 1.165) is 18.8 Å². The van der Waals surface area contributed by atoms with E-state index in [-0.39, 0.29) is 6.17 Å². The number of aromatic nitrogens is 1. The Kier molecular flexibility index (Phi) is 1.83. The Hall–Kier alpha value is -0.930. The van der Waals surface area contributed by atoms with Gasteiger partial charge in [0.05, 0.1) is 5.69 Å². The largest absolute Gasteiger partial charge is 0.294 e. The molecule has 1 aliphatic rings. The van der Waals surface area contributed by atoms with E-state index in [0.29, 0.717) is 0 Å². The van der Waals surface area contributed by atoms with Gasteiger partial charge >= 0.3 is 0 Å². The molecule has 3 nitrogen and oxygen atoms in total. The molecule has 0 bridgehead atoms. The van der Waals surface area contributed by atoms with E-state index >= 15 is 0 Å². The number of pyridine rings is 1. The highest BCUT2D eigenvalue weighted by atomic mass is 15.2. The standard InChI is InChI=1S/C8H10N3/c1-2-4-9-7(3-1)8-10-5-6-11-8/h1-4,8,10H,5-6H2. The monoisotopic (exact) mass is 148 g/mol. The Morgan fingerprint density at radius 1 is 1.45 bits per heavy atom. The third-order valence-corrected chi connectivity index (χ3v) is 1.73. The van der Waals surface area contributed by atoms with Crippen molar-refractivity contribution in [2.45, 2.75) is 6.17 Å². The van der Waals surface area contributed by atoms with E-state index in [1.54, 1.807) is 6.20 Å². The maximum absolute atomic E-state index is 4.33. The van der Waals surface area contributed by atoms with E-state index in [1.807, 2.05) is 18.2 Å². The number of nitrogens with one attached hydrogen (secondary N) is 1. The maximum Gasteiger partial charge on any atom is 0.117 e. The van der Waals surface area contributed by atoms with Gasteiger partial charge in [-0.15, -0.1) is 0 Å². The Morgan fingerprint density at radius 3 is 3.09 bits per heavy atom. The minimum absolute atomic E-state index is 0.135. The summed E-state index contributed by atoms with van der Waals surface area (Å²) in [7, 11) is 0. The molecule has 0 spiro atoms. The summed E-state index contributed by atoms with van der Waals surface area (Å²) in [6.07, 6.45) is 1.93. The second-order valence-corrected chi connectivity index (χ2v) is 2.52. The van der Waals surface area contributed by atoms with E-state index < -0.39 is 0 Å². The SMILES string of the molecule is c1ccc(C2[N]CCN2)nc1. The van der Waals surface area contributed by atoms with E-state index in [2.05, 4.69) is 15.6 Å². The molecule has 1 aromatic heterocycles. The van der Waals surface area contributed by atoms with Gasteiger partial charge in [-0.05, 0) is 12.1 Å². The van der Waals surface area contributed by atoms with Crippen LogP contribution in [-0.4, -0.2) is 18.1 Å². The first kappa shape index (κ1) is 6.76. The number of rotatable bonds is 1. The molecule has 57 valence electrons. The van der Waals surface area contributed by atoms with E-state index in [4.69, 9.17) is 0 Å². The molecule has 0 aliphatic carbocycles. The summed E-state index contributed by atoms with van der Waals surface area (Å²) in [5.41, 5.74) is 1.02. The second kappa shape index (κ2) is 2.98. The van der Waals surface area contributed by atoms with Gasteiger partial charge in [-0.25, -0.2) is 5.32 Å². The van der Waals surface area contributed by atoms with Crippen molar-refractivity contribution in [3.63, 3.8) is 0 Å². The normalized spacial score (nSPS) is 18.9. The highest BCUT2D eigenvalue weighted by Gasteiger charge is 2.16. The summed E-state index contributed by atoms with van der Waals surface area (Å²) in [6, 6.07) is 5.89. The van der Waals surface area contributed by atoms with Gasteiger partial charge < -0.3 is 0 Å². The van der Waals surface area contributed by atoms with E-state index in [1.165, 1.54) is 0 Å². The van der Waals surface area contributed by atoms with Crippen LogP contribution in [0.3, 0.4) is 0 Å². The molecule has 1 unspecified atom stereocenters. The topological polar surface area (TPSA) is 39.0 Å². The van der Waals surface area contributed by atoms with Crippen LogP contribution in [0.4, 0.5) is 0 Å². The molecule has 0 amide bonds. The van der Waals surface area contributed by atoms with Crippen molar-refractivity contribution in [1.82, 2.24) is 15.6 Å². The molecule has 0 saturated carbocycles. The Morgan fingerprint density at radius 2 is 2.45 bits per heavy atom. The summed E-state index contributed by atoms with van der Waals surface area (Å²) < 4.78 is 0. The Balaban J connectivity index is 2.16. The average Bonchev–Trinajstić information content (AvgIpc) is 2.58. The van der Waals surface area contributed by atoms with Gasteiger partial charge in [-0.3, -0.25) is 10.3 Å². The second-order valence-electron chi connectivity index (χ2n) is 2.52. The zero-order chi connectivity index (χ0) is 7.52. The van der Waals surface area contributed by atoms with Crippen molar-refractivity contribution in [2.24, 2.45) is 0 Å². The first-order valence-electron chi connectivity index (χ1n) is 3.78. The predicted octanol–water partition coefficient (Wildman–Crippen LogP) is 0.288. The summed E-state index contributed by atoms with van der Waals surface area (Å²) in [4.78, 5) is 4.20. The average molecular weight is 148 g/mol. The number of nitrogens with zero attached hydrogens (tertiary/aromatic N) is 2. The molecule has 1 N–H and O–H groups in total. The molecular formula is C8H10N3. The van der Waals surface area contributed by atoms with Crippen LogP contribution >= 0.6 is 0 Å². The summed E-state index contributed by atoms with van der Waals surface area (Å²) in [5, 5.41) is 7.58. The van der Waals surface area contributed by atoms with Crippen molar-refractivity contribution >= 4 is 0 Å². The van der Waals surface area contributed by atoms with Crippen LogP contribution in [0.2, 0.25) is 0 Å². The van der Waals surface area contributed by atoms with E-state index in [9.17, 15) is 0 Å². The fourth-order valence-corrected chi connectivity index (χ4v) is 1.20. The van der Waals surface area contributed by atoms with Crippen molar-refractivity contribution < 1.29 is 0 Å². The molecule has 1 atom stereocenters. The molecule has 1 saturated heterocycles. The van der Waals surface area contributed by atoms with Crippen LogP contribution in [0.1, 0.15) is 11.9 Å². The molecule has 2 rings (SSSR count). The van der Waals surface area contributed by atoms with Crippen LogP contribution < -0.4 is 10.6 Å². The van der Waals surface area contributed by atoms with Gasteiger partial charge in [-0.1, -0.05) is 6.07 Å². The molecule has 1 radical (unpaired) electrons. The summed E-state index contributed by atoms with van der Waals surface area (Å²) >= 11 is 0. The van der Waals surface area contributed by atoms with Gasteiger partial charge in [0.15, 0.2) is 0 Å². The van der Waals surface area contributed by atoms with Crippen LogP contribution in [0.5, 0.6) is 0 Å². The fourth-order valence-electron chi connectivity index (χ4n) is 1.20. The minimum Gasteiger partial charge on any atom is -0.294 e. The molecule has 0 aromatic carbocycles. The minimum atomic E-state index is 0.135. The molecule has 1 aliphatic heterocycles. The lowest BCUT2D eigenvalue weighted by molar-refractivity contribution is 0.562. The Labute approximate surface area is 65.8 Å². The summed E-state index contributed by atoms with van der Waals surface area (Å²) in [6.45, 7) is 1.88. The molecular weight excluding hydrogens is 138 g/mol. The smallest absolute Gasteiger partial charge is 0.117 e. The predicted molar refractivity (Wildman–Crippen MR) is 42.0 cm³/mol. The lowest BCUT2D eigenvalue weighted by atomic mass is 10.3. The van der Waals surface area contributed by atoms with Crippen LogP contribution in [-0.2, 0) is 0 Å². The van der Waals surface area contributed by atoms with Gasteiger partial charge in [0.1, 0.15) is 6.17 Å². The highest BCUT2D eigenvalue weighted by Crippen LogP contribution is 2.09. The van der Waals surface area contributed by atoms with Crippen molar-refractivity contribution in [3.8, 4) is 0 Å². The summed E-state index contributed by atoms with van der Waals surface area (Å²) in [5.74, 6) is 0. The Bertz CT molecular complexity index is 216.